The second kappa shape index (κ2) is 5.18. The second-order valence-corrected chi connectivity index (χ2v) is 9.62. The quantitative estimate of drug-likeness (QED) is 0.842. The van der Waals surface area contributed by atoms with Crippen molar-refractivity contribution in [3.8, 4) is 0 Å². The molecule has 6 fully saturated rings. The van der Waals surface area contributed by atoms with Gasteiger partial charge in [0.1, 0.15) is 11.4 Å². The first-order valence-electron chi connectivity index (χ1n) is 10.2. The molecule has 6 nitrogen and oxygen atoms in total. The second-order valence-electron chi connectivity index (χ2n) is 9.62. The molecule has 4 saturated carbocycles. The highest BCUT2D eigenvalue weighted by atomic mass is 16.2. The minimum Gasteiger partial charge on any atom is -0.333 e. The first-order chi connectivity index (χ1) is 12.6. The van der Waals surface area contributed by atoms with Crippen LogP contribution < -0.4 is 10.9 Å². The van der Waals surface area contributed by atoms with Crippen molar-refractivity contribution in [1.82, 2.24) is 20.2 Å². The summed E-state index contributed by atoms with van der Waals surface area (Å²) in [6.45, 7) is 1.55. The summed E-state index contributed by atoms with van der Waals surface area (Å²) in [7, 11) is 0. The molecule has 2 saturated heterocycles. The van der Waals surface area contributed by atoms with Crippen molar-refractivity contribution in [2.24, 2.45) is 17.8 Å². The molecular weight excluding hydrogens is 328 g/mol. The molecule has 7 rings (SSSR count). The molecule has 1 amide bonds. The summed E-state index contributed by atoms with van der Waals surface area (Å²) in [6.07, 6.45) is 10.2. The predicted octanol–water partition coefficient (Wildman–Crippen LogP) is 1.42. The number of amides is 1. The molecule has 0 spiro atoms. The number of rotatable bonds is 2. The molecule has 138 valence electrons. The zero-order chi connectivity index (χ0) is 17.5. The molecule has 26 heavy (non-hydrogen) atoms. The van der Waals surface area contributed by atoms with Crippen molar-refractivity contribution in [3.63, 3.8) is 0 Å². The highest BCUT2D eigenvalue weighted by Crippen LogP contribution is 2.59. The summed E-state index contributed by atoms with van der Waals surface area (Å²) in [4.78, 5) is 35.2. The van der Waals surface area contributed by atoms with Crippen molar-refractivity contribution in [2.45, 2.75) is 62.4 Å². The summed E-state index contributed by atoms with van der Waals surface area (Å²) in [6, 6.07) is 0.622. The number of carbonyl (C=O) groups excluding carboxylic acids is 1. The lowest BCUT2D eigenvalue weighted by atomic mass is 9.49. The Morgan fingerprint density at radius 2 is 1.81 bits per heavy atom. The minimum absolute atomic E-state index is 0.0616. The van der Waals surface area contributed by atoms with Crippen LogP contribution in [0.5, 0.6) is 0 Å². The van der Waals surface area contributed by atoms with Crippen LogP contribution in [0.4, 0.5) is 0 Å². The van der Waals surface area contributed by atoms with Gasteiger partial charge in [-0.3, -0.25) is 9.59 Å². The molecule has 6 bridgehead atoms. The summed E-state index contributed by atoms with van der Waals surface area (Å²) >= 11 is 0. The van der Waals surface area contributed by atoms with E-state index in [0.717, 1.165) is 55.8 Å². The fourth-order valence-corrected chi connectivity index (χ4v) is 7.18. The molecule has 3 heterocycles. The Labute approximate surface area is 152 Å². The molecule has 4 aliphatic carbocycles. The third kappa shape index (κ3) is 2.11. The van der Waals surface area contributed by atoms with Crippen LogP contribution >= 0.6 is 0 Å². The fourth-order valence-electron chi connectivity index (χ4n) is 7.18. The van der Waals surface area contributed by atoms with E-state index in [-0.39, 0.29) is 28.5 Å². The fraction of sp³-hybridized carbons (Fsp3) is 0.750. The molecule has 2 unspecified atom stereocenters. The van der Waals surface area contributed by atoms with Crippen LogP contribution in [0.1, 0.15) is 61.1 Å². The summed E-state index contributed by atoms with van der Waals surface area (Å²) in [5.41, 5.74) is 0.0315. The van der Waals surface area contributed by atoms with Crippen LogP contribution in [0.3, 0.4) is 0 Å². The van der Waals surface area contributed by atoms with Gasteiger partial charge < -0.3 is 15.2 Å². The van der Waals surface area contributed by atoms with Crippen molar-refractivity contribution in [1.29, 1.82) is 0 Å². The molecule has 0 aromatic carbocycles. The molecule has 2 atom stereocenters. The monoisotopic (exact) mass is 354 g/mol. The normalized spacial score (nSPS) is 42.6. The zero-order valence-corrected chi connectivity index (χ0v) is 15.0. The van der Waals surface area contributed by atoms with Crippen molar-refractivity contribution in [3.05, 3.63) is 27.9 Å². The third-order valence-electron chi connectivity index (χ3n) is 7.89. The number of hydrogen-bond acceptors (Lipinski definition) is 4. The predicted molar refractivity (Wildman–Crippen MR) is 95.9 cm³/mol. The van der Waals surface area contributed by atoms with E-state index in [4.69, 9.17) is 0 Å². The standard InChI is InChI=1S/C20H26N4O2/c25-17-16(18(26)24-10-14-4-15(24)8-21-14)9-22-19(23-17)20-5-11-1-12(6-20)3-13(2-11)7-20/h9,11-15,21H,1-8,10H2,(H,22,23,25). The molecular formula is C20H26N4O2. The maximum absolute atomic E-state index is 12.9. The van der Waals surface area contributed by atoms with Crippen LogP contribution in [-0.4, -0.2) is 45.9 Å². The topological polar surface area (TPSA) is 78.1 Å². The van der Waals surface area contributed by atoms with Gasteiger partial charge in [-0.25, -0.2) is 4.98 Å². The van der Waals surface area contributed by atoms with Crippen LogP contribution in [0.2, 0.25) is 0 Å². The number of nitrogens with one attached hydrogen (secondary N) is 2. The van der Waals surface area contributed by atoms with E-state index in [9.17, 15) is 9.59 Å². The Morgan fingerprint density at radius 1 is 1.12 bits per heavy atom. The number of aromatic amines is 1. The number of aromatic nitrogens is 2. The number of nitrogens with zero attached hydrogens (tertiary/aromatic N) is 2. The Bertz CT molecular complexity index is 796. The van der Waals surface area contributed by atoms with E-state index in [0.29, 0.717) is 12.6 Å². The smallest absolute Gasteiger partial charge is 0.263 e. The van der Waals surface area contributed by atoms with E-state index in [2.05, 4.69) is 15.3 Å². The first-order valence-corrected chi connectivity index (χ1v) is 10.2. The Kier molecular flexibility index (Phi) is 3.07. The first kappa shape index (κ1) is 15.4. The lowest BCUT2D eigenvalue weighted by Gasteiger charge is -2.56. The molecule has 6 aliphatic rings. The van der Waals surface area contributed by atoms with E-state index in [1.807, 2.05) is 4.90 Å². The van der Waals surface area contributed by atoms with Gasteiger partial charge in [0.25, 0.3) is 11.5 Å². The average molecular weight is 354 g/mol. The van der Waals surface area contributed by atoms with Gasteiger partial charge in [-0.1, -0.05) is 0 Å². The van der Waals surface area contributed by atoms with Crippen LogP contribution in [0, 0.1) is 17.8 Å². The highest BCUT2D eigenvalue weighted by molar-refractivity contribution is 5.94. The van der Waals surface area contributed by atoms with Crippen molar-refractivity contribution < 1.29 is 4.79 Å². The maximum atomic E-state index is 12.9. The van der Waals surface area contributed by atoms with E-state index in [1.165, 1.54) is 19.3 Å². The SMILES string of the molecule is O=C(c1cnc(C23CC4CC(CC(C4)C2)C3)[nH]c1=O)N1CC2CC1CN2. The molecule has 1 aromatic heterocycles. The van der Waals surface area contributed by atoms with Crippen molar-refractivity contribution in [2.75, 3.05) is 13.1 Å². The van der Waals surface area contributed by atoms with E-state index >= 15 is 0 Å². The number of carbonyl (C=O) groups is 1. The Morgan fingerprint density at radius 3 is 2.35 bits per heavy atom. The number of piperazine rings is 1. The lowest BCUT2D eigenvalue weighted by Crippen LogP contribution is -2.50. The maximum Gasteiger partial charge on any atom is 0.263 e. The Hall–Kier alpha value is -1.69. The third-order valence-corrected chi connectivity index (χ3v) is 7.89. The molecule has 1 aromatic rings. The van der Waals surface area contributed by atoms with E-state index < -0.39 is 0 Å². The van der Waals surface area contributed by atoms with Gasteiger partial charge in [-0.05, 0) is 62.7 Å². The van der Waals surface area contributed by atoms with Gasteiger partial charge in [0.2, 0.25) is 0 Å². The van der Waals surface area contributed by atoms with Crippen LogP contribution in [-0.2, 0) is 5.41 Å². The van der Waals surface area contributed by atoms with Crippen LogP contribution in [0.15, 0.2) is 11.0 Å². The Balaban J connectivity index is 1.31. The van der Waals surface area contributed by atoms with Crippen molar-refractivity contribution >= 4 is 5.91 Å². The molecule has 2 N–H and O–H groups in total. The zero-order valence-electron chi connectivity index (χ0n) is 15.0. The van der Waals surface area contributed by atoms with Gasteiger partial charge in [0, 0.05) is 36.8 Å². The van der Waals surface area contributed by atoms with Gasteiger partial charge in [0.05, 0.1) is 0 Å². The highest BCUT2D eigenvalue weighted by Gasteiger charge is 2.53. The molecule has 2 aliphatic heterocycles. The number of H-pyrrole nitrogens is 1. The number of fused-ring (bicyclic) bond motifs is 2. The van der Waals surface area contributed by atoms with Gasteiger partial charge >= 0.3 is 0 Å². The summed E-state index contributed by atoms with van der Waals surface area (Å²) in [5, 5.41) is 3.39. The summed E-state index contributed by atoms with van der Waals surface area (Å²) in [5.74, 6) is 3.12. The summed E-state index contributed by atoms with van der Waals surface area (Å²) < 4.78 is 0. The molecule has 0 radical (unpaired) electrons. The number of likely N-dealkylation sites (tertiary alicyclic amines) is 1. The average Bonchev–Trinajstić information content (AvgIpc) is 3.23. The van der Waals surface area contributed by atoms with Gasteiger partial charge in [-0.15, -0.1) is 0 Å². The minimum atomic E-state index is -0.244. The van der Waals surface area contributed by atoms with Crippen LogP contribution in [0.25, 0.3) is 0 Å². The van der Waals surface area contributed by atoms with Gasteiger partial charge in [0.15, 0.2) is 0 Å². The number of hydrogen-bond donors (Lipinski definition) is 2. The molecule has 6 heteroatoms. The van der Waals surface area contributed by atoms with Gasteiger partial charge in [-0.2, -0.15) is 0 Å². The van der Waals surface area contributed by atoms with E-state index in [1.54, 1.807) is 6.20 Å². The lowest BCUT2D eigenvalue weighted by molar-refractivity contribution is -0.00955. The largest absolute Gasteiger partial charge is 0.333 e.